The van der Waals surface area contributed by atoms with Crippen molar-refractivity contribution in [2.75, 3.05) is 0 Å². The van der Waals surface area contributed by atoms with E-state index in [-0.39, 0.29) is 0 Å². The van der Waals surface area contributed by atoms with Gasteiger partial charge >= 0.3 is 18.3 Å². The number of alkyl halides is 10. The molecule has 0 aromatic rings. The summed E-state index contributed by atoms with van der Waals surface area (Å²) < 4.78 is 126. The van der Waals surface area contributed by atoms with Crippen LogP contribution in [0.1, 0.15) is 20.8 Å². The van der Waals surface area contributed by atoms with E-state index >= 15 is 0 Å². The van der Waals surface area contributed by atoms with Gasteiger partial charge in [-0.25, -0.2) is 8.78 Å². The molecule has 0 amide bonds. The molecule has 0 spiro atoms. The lowest BCUT2D eigenvalue weighted by molar-refractivity contribution is -0.384. The van der Waals surface area contributed by atoms with Gasteiger partial charge in [-0.05, 0) is 12.8 Å². The summed E-state index contributed by atoms with van der Waals surface area (Å²) >= 11 is 0. The third kappa shape index (κ3) is 2.37. The van der Waals surface area contributed by atoms with Crippen molar-refractivity contribution < 1.29 is 43.9 Å². The third-order valence-corrected chi connectivity index (χ3v) is 2.82. The van der Waals surface area contributed by atoms with Crippen molar-refractivity contribution >= 4 is 0 Å². The van der Waals surface area contributed by atoms with Gasteiger partial charge in [-0.2, -0.15) is 35.1 Å². The third-order valence-electron chi connectivity index (χ3n) is 2.82. The van der Waals surface area contributed by atoms with Crippen molar-refractivity contribution in [2.24, 2.45) is 5.92 Å². The molecule has 19 heavy (non-hydrogen) atoms. The van der Waals surface area contributed by atoms with E-state index in [2.05, 4.69) is 0 Å². The summed E-state index contributed by atoms with van der Waals surface area (Å²) in [5.74, 6) is -9.09. The van der Waals surface area contributed by atoms with Gasteiger partial charge in [0, 0.05) is 0 Å². The lowest BCUT2D eigenvalue weighted by Gasteiger charge is -2.45. The van der Waals surface area contributed by atoms with Crippen LogP contribution in [-0.2, 0) is 0 Å². The Balaban J connectivity index is 6.21. The monoisotopic (exact) mass is 308 g/mol. The summed E-state index contributed by atoms with van der Waals surface area (Å²) in [7, 11) is 0. The number of hydrogen-bond donors (Lipinski definition) is 0. The first-order valence-corrected chi connectivity index (χ1v) is 4.83. The Morgan fingerprint density at radius 3 is 1.11 bits per heavy atom. The Morgan fingerprint density at radius 1 is 0.632 bits per heavy atom. The molecule has 0 aliphatic carbocycles. The van der Waals surface area contributed by atoms with Crippen molar-refractivity contribution in [3.63, 3.8) is 0 Å². The molecule has 0 aliphatic rings. The predicted octanol–water partition coefficient (Wildman–Crippen LogP) is 4.84. The first-order chi connectivity index (χ1) is 7.94. The molecular formula is C9H10F10. The fourth-order valence-electron chi connectivity index (χ4n) is 1.61. The molecule has 0 aromatic heterocycles. The molecule has 0 heterocycles. The summed E-state index contributed by atoms with van der Waals surface area (Å²) in [5, 5.41) is 0. The zero-order valence-electron chi connectivity index (χ0n) is 9.86. The van der Waals surface area contributed by atoms with Gasteiger partial charge in [0.15, 0.2) is 0 Å². The Labute approximate surface area is 101 Å². The molecule has 116 valence electrons. The van der Waals surface area contributed by atoms with Gasteiger partial charge < -0.3 is 0 Å². The van der Waals surface area contributed by atoms with E-state index in [1.54, 1.807) is 0 Å². The second-order valence-corrected chi connectivity index (χ2v) is 4.44. The first-order valence-electron chi connectivity index (χ1n) is 4.83. The van der Waals surface area contributed by atoms with Gasteiger partial charge in [-0.3, -0.25) is 0 Å². The van der Waals surface area contributed by atoms with Crippen LogP contribution in [-0.4, -0.2) is 29.6 Å². The quantitative estimate of drug-likeness (QED) is 0.655. The molecule has 0 saturated carbocycles. The molecule has 10 heteroatoms. The van der Waals surface area contributed by atoms with Gasteiger partial charge in [-0.1, -0.05) is 13.8 Å². The first kappa shape index (κ1) is 18.3. The highest BCUT2D eigenvalue weighted by Gasteiger charge is 2.83. The molecule has 0 radical (unpaired) electrons. The second kappa shape index (κ2) is 4.41. The molecule has 0 aromatic carbocycles. The van der Waals surface area contributed by atoms with E-state index in [1.165, 1.54) is 0 Å². The maximum atomic E-state index is 13.9. The van der Waals surface area contributed by atoms with E-state index in [9.17, 15) is 43.9 Å². The highest BCUT2D eigenvalue weighted by molar-refractivity contribution is 5.14. The molecular weight excluding hydrogens is 298 g/mol. The fourth-order valence-corrected chi connectivity index (χ4v) is 1.61. The van der Waals surface area contributed by atoms with E-state index in [0.29, 0.717) is 13.8 Å². The van der Waals surface area contributed by atoms with Gasteiger partial charge in [-0.15, -0.1) is 0 Å². The van der Waals surface area contributed by atoms with Gasteiger partial charge in [0.25, 0.3) is 0 Å². The highest BCUT2D eigenvalue weighted by atomic mass is 19.4. The van der Waals surface area contributed by atoms with Crippen LogP contribution in [0.25, 0.3) is 0 Å². The van der Waals surface area contributed by atoms with Gasteiger partial charge in [0.05, 0.1) is 0 Å². The molecule has 0 nitrogen and oxygen atoms in total. The zero-order valence-corrected chi connectivity index (χ0v) is 9.86. The summed E-state index contributed by atoms with van der Waals surface area (Å²) in [5.41, 5.74) is -10.9. The molecule has 0 saturated heterocycles. The van der Waals surface area contributed by atoms with Crippen LogP contribution in [0.4, 0.5) is 43.9 Å². The average molecular weight is 308 g/mol. The Hall–Kier alpha value is -0.700. The molecule has 0 fully saturated rings. The van der Waals surface area contributed by atoms with Gasteiger partial charge in [0.1, 0.15) is 0 Å². The van der Waals surface area contributed by atoms with Gasteiger partial charge in [0.2, 0.25) is 11.3 Å². The minimum Gasteiger partial charge on any atom is -0.233 e. The number of halogens is 10. The summed E-state index contributed by atoms with van der Waals surface area (Å²) in [4.78, 5) is 0. The number of rotatable bonds is 3. The van der Waals surface area contributed by atoms with Crippen molar-refractivity contribution in [1.82, 2.24) is 0 Å². The Kier molecular flexibility index (Phi) is 4.24. The predicted molar refractivity (Wildman–Crippen MR) is 45.2 cm³/mol. The molecule has 2 unspecified atom stereocenters. The van der Waals surface area contributed by atoms with Crippen LogP contribution >= 0.6 is 0 Å². The van der Waals surface area contributed by atoms with E-state index in [0.717, 1.165) is 0 Å². The number of hydrogen-bond acceptors (Lipinski definition) is 0. The van der Waals surface area contributed by atoms with E-state index in [1.807, 2.05) is 0 Å². The Bertz CT molecular complexity index is 295. The normalized spacial score (nSPS) is 21.2. The van der Waals surface area contributed by atoms with Crippen LogP contribution in [0.2, 0.25) is 0 Å². The smallest absolute Gasteiger partial charge is 0.233 e. The summed E-state index contributed by atoms with van der Waals surface area (Å²) in [6, 6.07) is 0. The average Bonchev–Trinajstić information content (AvgIpc) is 2.11. The van der Waals surface area contributed by atoms with Crippen molar-refractivity contribution in [3.8, 4) is 0 Å². The summed E-state index contributed by atoms with van der Waals surface area (Å²) in [6.07, 6.45) is -12.9. The van der Waals surface area contributed by atoms with Crippen LogP contribution in [0.5, 0.6) is 0 Å². The minimum atomic E-state index is -6.66. The van der Waals surface area contributed by atoms with Crippen molar-refractivity contribution in [2.45, 2.75) is 50.4 Å². The van der Waals surface area contributed by atoms with Crippen LogP contribution in [0.3, 0.4) is 0 Å². The maximum absolute atomic E-state index is 13.9. The van der Waals surface area contributed by atoms with E-state index < -0.39 is 42.5 Å². The van der Waals surface area contributed by atoms with Crippen LogP contribution in [0.15, 0.2) is 0 Å². The fraction of sp³-hybridized carbons (Fsp3) is 1.00. The lowest BCUT2D eigenvalue weighted by Crippen LogP contribution is -2.70. The Morgan fingerprint density at radius 2 is 0.947 bits per heavy atom. The highest BCUT2D eigenvalue weighted by Crippen LogP contribution is 2.58. The van der Waals surface area contributed by atoms with Crippen LogP contribution in [0, 0.1) is 5.92 Å². The van der Waals surface area contributed by atoms with E-state index in [4.69, 9.17) is 0 Å². The van der Waals surface area contributed by atoms with Crippen molar-refractivity contribution in [1.29, 1.82) is 0 Å². The molecule has 0 aliphatic heterocycles. The molecule has 0 rings (SSSR count). The topological polar surface area (TPSA) is 0 Å². The SMILES string of the molecule is CC(C)C(F)(C(C)(F)C(F)(F)F)C(F)(F)C(F)(F)F. The second-order valence-electron chi connectivity index (χ2n) is 4.44. The molecule has 0 N–H and O–H groups in total. The van der Waals surface area contributed by atoms with Crippen LogP contribution < -0.4 is 0 Å². The minimum absolute atomic E-state index is 0.309. The summed E-state index contributed by atoms with van der Waals surface area (Å²) in [6.45, 7) is -0.0565. The standard InChI is InChI=1S/C9H10F10/c1-4(2)6(11,5(3,10)8(14,15)16)7(12,13)9(17,18)19/h4H,1-3H3. The van der Waals surface area contributed by atoms with Crippen molar-refractivity contribution in [3.05, 3.63) is 0 Å². The maximum Gasteiger partial charge on any atom is 0.456 e. The molecule has 0 bridgehead atoms. The lowest BCUT2D eigenvalue weighted by atomic mass is 9.73. The molecule has 2 atom stereocenters. The zero-order chi connectivity index (χ0) is 16.1. The largest absolute Gasteiger partial charge is 0.456 e.